The third kappa shape index (κ3) is 5.53. The summed E-state index contributed by atoms with van der Waals surface area (Å²) in [5.41, 5.74) is 1.58. The van der Waals surface area contributed by atoms with E-state index in [0.29, 0.717) is 0 Å². The zero-order valence-electron chi connectivity index (χ0n) is 17.5. The SMILES string of the molecule is O=C(Nc1nccnc1C(=O)NC1CCN(Cc2ccccc2)CC1)c1ccc(F)cc1. The number of benzene rings is 2. The molecule has 0 radical (unpaired) electrons. The standard InChI is InChI=1S/C24H24FN5O2/c25-19-8-6-18(7-9-19)23(31)29-22-21(26-12-13-27-22)24(32)28-20-10-14-30(15-11-20)16-17-4-2-1-3-5-17/h1-9,12-13,20H,10-11,14-16H2,(H,28,32)(H,27,29,31). The van der Waals surface area contributed by atoms with Crippen molar-refractivity contribution in [3.05, 3.63) is 89.6 Å². The zero-order valence-corrected chi connectivity index (χ0v) is 17.5. The Kier molecular flexibility index (Phi) is 6.81. The van der Waals surface area contributed by atoms with Crippen LogP contribution in [0.15, 0.2) is 67.0 Å². The average molecular weight is 433 g/mol. The second kappa shape index (κ2) is 10.1. The molecule has 32 heavy (non-hydrogen) atoms. The van der Waals surface area contributed by atoms with E-state index in [-0.39, 0.29) is 29.0 Å². The van der Waals surface area contributed by atoms with Gasteiger partial charge in [0.2, 0.25) is 0 Å². The Labute approximate surface area is 185 Å². The largest absolute Gasteiger partial charge is 0.348 e. The maximum atomic E-state index is 13.1. The molecule has 2 aromatic carbocycles. The molecule has 3 aromatic rings. The van der Waals surface area contributed by atoms with Gasteiger partial charge in [-0.05, 0) is 42.7 Å². The first-order valence-electron chi connectivity index (χ1n) is 10.5. The van der Waals surface area contributed by atoms with Gasteiger partial charge in [-0.3, -0.25) is 14.5 Å². The molecule has 1 saturated heterocycles. The number of rotatable bonds is 6. The summed E-state index contributed by atoms with van der Waals surface area (Å²) < 4.78 is 13.1. The summed E-state index contributed by atoms with van der Waals surface area (Å²) in [5, 5.41) is 5.61. The maximum Gasteiger partial charge on any atom is 0.273 e. The molecule has 0 aliphatic carbocycles. The van der Waals surface area contributed by atoms with Crippen LogP contribution in [0.25, 0.3) is 0 Å². The minimum absolute atomic E-state index is 0.0252. The molecule has 0 unspecified atom stereocenters. The van der Waals surface area contributed by atoms with Crippen molar-refractivity contribution in [2.75, 3.05) is 18.4 Å². The average Bonchev–Trinajstić information content (AvgIpc) is 2.82. The van der Waals surface area contributed by atoms with Gasteiger partial charge in [-0.15, -0.1) is 0 Å². The van der Waals surface area contributed by atoms with Gasteiger partial charge in [0.05, 0.1) is 0 Å². The molecule has 1 fully saturated rings. The molecular weight excluding hydrogens is 409 g/mol. The monoisotopic (exact) mass is 433 g/mol. The highest BCUT2D eigenvalue weighted by atomic mass is 19.1. The molecule has 164 valence electrons. The number of amides is 2. The first-order chi connectivity index (χ1) is 15.6. The molecule has 1 aliphatic heterocycles. The predicted octanol–water partition coefficient (Wildman–Crippen LogP) is 3.26. The normalized spacial score (nSPS) is 14.7. The van der Waals surface area contributed by atoms with Crippen molar-refractivity contribution < 1.29 is 14.0 Å². The molecule has 2 heterocycles. The molecule has 0 saturated carbocycles. The molecule has 7 nitrogen and oxygen atoms in total. The third-order valence-electron chi connectivity index (χ3n) is 5.42. The van der Waals surface area contributed by atoms with Crippen molar-refractivity contribution >= 4 is 17.6 Å². The van der Waals surface area contributed by atoms with E-state index in [0.717, 1.165) is 32.5 Å². The van der Waals surface area contributed by atoms with Gasteiger partial charge in [-0.25, -0.2) is 14.4 Å². The number of nitrogens with one attached hydrogen (secondary N) is 2. The van der Waals surface area contributed by atoms with Gasteiger partial charge in [0, 0.05) is 43.6 Å². The van der Waals surface area contributed by atoms with Crippen molar-refractivity contribution in [2.24, 2.45) is 0 Å². The Bertz CT molecular complexity index is 1070. The highest BCUT2D eigenvalue weighted by molar-refractivity contribution is 6.07. The first kappa shape index (κ1) is 21.6. The van der Waals surface area contributed by atoms with E-state index >= 15 is 0 Å². The summed E-state index contributed by atoms with van der Waals surface area (Å²) in [6, 6.07) is 15.5. The van der Waals surface area contributed by atoms with Gasteiger partial charge in [0.15, 0.2) is 11.5 Å². The topological polar surface area (TPSA) is 87.2 Å². The van der Waals surface area contributed by atoms with Crippen LogP contribution in [0.4, 0.5) is 10.2 Å². The van der Waals surface area contributed by atoms with Crippen LogP contribution >= 0.6 is 0 Å². The second-order valence-corrected chi connectivity index (χ2v) is 7.72. The van der Waals surface area contributed by atoms with Gasteiger partial charge in [0.25, 0.3) is 11.8 Å². The molecule has 1 aromatic heterocycles. The number of carbonyl (C=O) groups is 2. The Hall–Kier alpha value is -3.65. The molecule has 2 amide bonds. The summed E-state index contributed by atoms with van der Waals surface area (Å²) >= 11 is 0. The van der Waals surface area contributed by atoms with Crippen LogP contribution in [0, 0.1) is 5.82 Å². The smallest absolute Gasteiger partial charge is 0.273 e. The zero-order chi connectivity index (χ0) is 22.3. The van der Waals surface area contributed by atoms with Crippen molar-refractivity contribution in [1.82, 2.24) is 20.2 Å². The lowest BCUT2D eigenvalue weighted by molar-refractivity contribution is 0.0904. The number of halogens is 1. The van der Waals surface area contributed by atoms with Gasteiger partial charge < -0.3 is 10.6 Å². The summed E-state index contributed by atoms with van der Waals surface area (Å²) in [6.45, 7) is 2.66. The Morgan fingerprint density at radius 2 is 1.62 bits per heavy atom. The summed E-state index contributed by atoms with van der Waals surface area (Å²) in [5.74, 6) is -1.24. The van der Waals surface area contributed by atoms with E-state index in [4.69, 9.17) is 0 Å². The number of hydrogen-bond donors (Lipinski definition) is 2. The fraction of sp³-hybridized carbons (Fsp3) is 0.250. The lowest BCUT2D eigenvalue weighted by atomic mass is 10.0. The maximum absolute atomic E-state index is 13.1. The Morgan fingerprint density at radius 3 is 2.34 bits per heavy atom. The van der Waals surface area contributed by atoms with E-state index in [2.05, 4.69) is 37.6 Å². The Morgan fingerprint density at radius 1 is 0.938 bits per heavy atom. The number of piperidine rings is 1. The van der Waals surface area contributed by atoms with Gasteiger partial charge in [-0.1, -0.05) is 30.3 Å². The van der Waals surface area contributed by atoms with E-state index in [1.54, 1.807) is 0 Å². The second-order valence-electron chi connectivity index (χ2n) is 7.72. The number of aromatic nitrogens is 2. The summed E-state index contributed by atoms with van der Waals surface area (Å²) in [4.78, 5) is 35.9. The number of nitrogens with zero attached hydrogens (tertiary/aromatic N) is 3. The number of likely N-dealkylation sites (tertiary alicyclic amines) is 1. The molecule has 4 rings (SSSR count). The van der Waals surface area contributed by atoms with Crippen LogP contribution in [-0.4, -0.2) is 45.8 Å². The van der Waals surface area contributed by atoms with E-state index in [1.807, 2.05) is 18.2 Å². The van der Waals surface area contributed by atoms with Crippen LogP contribution in [0.2, 0.25) is 0 Å². The van der Waals surface area contributed by atoms with Crippen LogP contribution < -0.4 is 10.6 Å². The highest BCUT2D eigenvalue weighted by Crippen LogP contribution is 2.16. The van der Waals surface area contributed by atoms with E-state index in [9.17, 15) is 14.0 Å². The molecule has 0 atom stereocenters. The minimum atomic E-state index is -0.492. The Balaban J connectivity index is 1.34. The fourth-order valence-corrected chi connectivity index (χ4v) is 3.71. The molecule has 8 heteroatoms. The van der Waals surface area contributed by atoms with Crippen molar-refractivity contribution in [3.8, 4) is 0 Å². The lowest BCUT2D eigenvalue weighted by Crippen LogP contribution is -2.44. The third-order valence-corrected chi connectivity index (χ3v) is 5.42. The predicted molar refractivity (Wildman–Crippen MR) is 119 cm³/mol. The van der Waals surface area contributed by atoms with E-state index in [1.165, 1.54) is 42.2 Å². The van der Waals surface area contributed by atoms with Crippen LogP contribution in [0.5, 0.6) is 0 Å². The number of hydrogen-bond acceptors (Lipinski definition) is 5. The van der Waals surface area contributed by atoms with Gasteiger partial charge in [-0.2, -0.15) is 0 Å². The minimum Gasteiger partial charge on any atom is -0.348 e. The molecule has 0 spiro atoms. The molecular formula is C24H24FN5O2. The first-order valence-corrected chi connectivity index (χ1v) is 10.5. The fourth-order valence-electron chi connectivity index (χ4n) is 3.71. The molecule has 0 bridgehead atoms. The lowest BCUT2D eigenvalue weighted by Gasteiger charge is -2.32. The van der Waals surface area contributed by atoms with Crippen LogP contribution in [0.3, 0.4) is 0 Å². The molecule has 2 N–H and O–H groups in total. The van der Waals surface area contributed by atoms with E-state index < -0.39 is 11.7 Å². The van der Waals surface area contributed by atoms with Gasteiger partial charge in [0.1, 0.15) is 5.82 Å². The van der Waals surface area contributed by atoms with Crippen LogP contribution in [0.1, 0.15) is 39.3 Å². The highest BCUT2D eigenvalue weighted by Gasteiger charge is 2.24. The van der Waals surface area contributed by atoms with Crippen molar-refractivity contribution in [1.29, 1.82) is 0 Å². The van der Waals surface area contributed by atoms with Gasteiger partial charge >= 0.3 is 0 Å². The number of anilines is 1. The van der Waals surface area contributed by atoms with Crippen molar-refractivity contribution in [3.63, 3.8) is 0 Å². The van der Waals surface area contributed by atoms with Crippen molar-refractivity contribution in [2.45, 2.75) is 25.4 Å². The van der Waals surface area contributed by atoms with Crippen LogP contribution in [-0.2, 0) is 6.54 Å². The summed E-state index contributed by atoms with van der Waals surface area (Å²) in [7, 11) is 0. The summed E-state index contributed by atoms with van der Waals surface area (Å²) in [6.07, 6.45) is 4.47. The quantitative estimate of drug-likeness (QED) is 0.623. The number of carbonyl (C=O) groups excluding carboxylic acids is 2. The molecule has 1 aliphatic rings.